The molecule has 1 aromatic rings. The maximum Gasteiger partial charge on any atom is 0.328 e. The third-order valence-corrected chi connectivity index (χ3v) is 2.90. The van der Waals surface area contributed by atoms with Gasteiger partial charge in [-0.25, -0.2) is 0 Å². The average molecular weight is 265 g/mol. The van der Waals surface area contributed by atoms with E-state index >= 15 is 0 Å². The number of methoxy groups -OCH3 is 3. The molecule has 0 spiro atoms. The van der Waals surface area contributed by atoms with Gasteiger partial charge in [-0.2, -0.15) is 5.26 Å². The summed E-state index contributed by atoms with van der Waals surface area (Å²) in [6, 6.07) is 4.71. The standard InChI is InChI=1S/C13H15NO5/c1-13(7-14,12(15)16)8-5-10(18-3)11(19-4)6-9(8)17-2/h5-6H,1-4H3,(H,15,16). The Labute approximate surface area is 111 Å². The second kappa shape index (κ2) is 5.48. The molecule has 6 nitrogen and oxygen atoms in total. The molecule has 0 aliphatic rings. The van der Waals surface area contributed by atoms with E-state index in [-0.39, 0.29) is 11.3 Å². The molecule has 6 heteroatoms. The number of carboxylic acids is 1. The molecule has 1 aromatic carbocycles. The Bertz CT molecular complexity index is 535. The van der Waals surface area contributed by atoms with E-state index in [1.807, 2.05) is 0 Å². The van der Waals surface area contributed by atoms with Crippen LogP contribution in [-0.4, -0.2) is 32.4 Å². The Morgan fingerprint density at radius 1 is 1.16 bits per heavy atom. The van der Waals surface area contributed by atoms with Crippen LogP contribution in [0.2, 0.25) is 0 Å². The van der Waals surface area contributed by atoms with Crippen LogP contribution in [0.15, 0.2) is 12.1 Å². The van der Waals surface area contributed by atoms with Gasteiger partial charge in [-0.15, -0.1) is 0 Å². The smallest absolute Gasteiger partial charge is 0.328 e. The quantitative estimate of drug-likeness (QED) is 0.869. The molecule has 0 heterocycles. The predicted molar refractivity (Wildman–Crippen MR) is 66.7 cm³/mol. The molecule has 0 saturated carbocycles. The number of nitriles is 1. The summed E-state index contributed by atoms with van der Waals surface area (Å²) >= 11 is 0. The van der Waals surface area contributed by atoms with Crippen molar-refractivity contribution in [2.45, 2.75) is 12.3 Å². The van der Waals surface area contributed by atoms with Gasteiger partial charge in [-0.05, 0) is 13.0 Å². The minimum Gasteiger partial charge on any atom is -0.496 e. The second-order valence-electron chi connectivity index (χ2n) is 3.95. The number of benzene rings is 1. The first kappa shape index (κ1) is 14.6. The van der Waals surface area contributed by atoms with Crippen LogP contribution in [0, 0.1) is 11.3 Å². The predicted octanol–water partition coefficient (Wildman–Crippen LogP) is 1.58. The molecule has 0 fully saturated rings. The SMILES string of the molecule is COc1cc(OC)c(C(C)(C#N)C(=O)O)cc1OC. The molecule has 0 aromatic heterocycles. The van der Waals surface area contributed by atoms with Gasteiger partial charge in [0.1, 0.15) is 5.75 Å². The molecular formula is C13H15NO5. The van der Waals surface area contributed by atoms with Gasteiger partial charge in [-0.3, -0.25) is 4.79 Å². The zero-order valence-corrected chi connectivity index (χ0v) is 11.2. The molecule has 102 valence electrons. The van der Waals surface area contributed by atoms with Crippen LogP contribution in [0.5, 0.6) is 17.2 Å². The van der Waals surface area contributed by atoms with Crippen molar-refractivity contribution in [3.8, 4) is 23.3 Å². The third kappa shape index (κ3) is 2.40. The van der Waals surface area contributed by atoms with Crippen LogP contribution >= 0.6 is 0 Å². The van der Waals surface area contributed by atoms with Crippen molar-refractivity contribution in [2.24, 2.45) is 0 Å². The Morgan fingerprint density at radius 2 is 1.63 bits per heavy atom. The van der Waals surface area contributed by atoms with Crippen molar-refractivity contribution in [2.75, 3.05) is 21.3 Å². The fraction of sp³-hybridized carbons (Fsp3) is 0.385. The molecule has 0 radical (unpaired) electrons. The maximum atomic E-state index is 11.3. The first-order valence-electron chi connectivity index (χ1n) is 5.39. The largest absolute Gasteiger partial charge is 0.496 e. The van der Waals surface area contributed by atoms with Gasteiger partial charge in [0, 0.05) is 11.6 Å². The summed E-state index contributed by atoms with van der Waals surface area (Å²) in [6.07, 6.45) is 0. The minimum absolute atomic E-state index is 0.211. The van der Waals surface area contributed by atoms with E-state index in [0.717, 1.165) is 0 Å². The topological polar surface area (TPSA) is 88.8 Å². The molecule has 1 atom stereocenters. The van der Waals surface area contributed by atoms with Crippen LogP contribution in [0.25, 0.3) is 0 Å². The first-order chi connectivity index (χ1) is 8.94. The Balaban J connectivity index is 3.59. The Hall–Kier alpha value is -2.42. The van der Waals surface area contributed by atoms with E-state index in [0.29, 0.717) is 11.5 Å². The monoisotopic (exact) mass is 265 g/mol. The highest BCUT2D eigenvalue weighted by molar-refractivity contribution is 5.86. The summed E-state index contributed by atoms with van der Waals surface area (Å²) in [5, 5.41) is 18.4. The van der Waals surface area contributed by atoms with Crippen molar-refractivity contribution < 1.29 is 24.1 Å². The summed E-state index contributed by atoms with van der Waals surface area (Å²) in [5.41, 5.74) is -1.52. The summed E-state index contributed by atoms with van der Waals surface area (Å²) in [7, 11) is 4.28. The van der Waals surface area contributed by atoms with Crippen LogP contribution in [0.4, 0.5) is 0 Å². The van der Waals surface area contributed by atoms with E-state index < -0.39 is 11.4 Å². The average Bonchev–Trinajstić information content (AvgIpc) is 2.44. The minimum atomic E-state index is -1.73. The fourth-order valence-electron chi connectivity index (χ4n) is 1.64. The summed E-state index contributed by atoms with van der Waals surface area (Å²) in [6.45, 7) is 1.30. The van der Waals surface area contributed by atoms with Crippen LogP contribution in [0.3, 0.4) is 0 Å². The van der Waals surface area contributed by atoms with Crippen molar-refractivity contribution in [3.63, 3.8) is 0 Å². The van der Waals surface area contributed by atoms with Crippen molar-refractivity contribution in [1.82, 2.24) is 0 Å². The first-order valence-corrected chi connectivity index (χ1v) is 5.39. The van der Waals surface area contributed by atoms with Gasteiger partial charge in [0.15, 0.2) is 16.9 Å². The number of carboxylic acid groups (broad SMARTS) is 1. The third-order valence-electron chi connectivity index (χ3n) is 2.90. The lowest BCUT2D eigenvalue weighted by Crippen LogP contribution is -2.31. The number of rotatable bonds is 5. The van der Waals surface area contributed by atoms with Crippen molar-refractivity contribution in [3.05, 3.63) is 17.7 Å². The number of ether oxygens (including phenoxy) is 3. The van der Waals surface area contributed by atoms with E-state index in [1.54, 1.807) is 6.07 Å². The molecule has 1 rings (SSSR count). The Kier molecular flexibility index (Phi) is 4.22. The van der Waals surface area contributed by atoms with Crippen LogP contribution in [-0.2, 0) is 10.2 Å². The molecule has 0 saturated heterocycles. The van der Waals surface area contributed by atoms with Crippen molar-refractivity contribution >= 4 is 5.97 Å². The van der Waals surface area contributed by atoms with Gasteiger partial charge >= 0.3 is 5.97 Å². The molecule has 0 bridgehead atoms. The van der Waals surface area contributed by atoms with E-state index in [9.17, 15) is 9.90 Å². The number of carbonyl (C=O) groups is 1. The molecule has 1 unspecified atom stereocenters. The molecule has 0 aliphatic carbocycles. The van der Waals surface area contributed by atoms with E-state index in [4.69, 9.17) is 19.5 Å². The van der Waals surface area contributed by atoms with E-state index in [1.165, 1.54) is 40.4 Å². The van der Waals surface area contributed by atoms with Gasteiger partial charge in [-0.1, -0.05) is 0 Å². The number of hydrogen-bond acceptors (Lipinski definition) is 5. The highest BCUT2D eigenvalue weighted by atomic mass is 16.5. The summed E-state index contributed by atoms with van der Waals surface area (Å²) in [5.74, 6) is -0.278. The lowest BCUT2D eigenvalue weighted by molar-refractivity contribution is -0.141. The number of hydrogen-bond donors (Lipinski definition) is 1. The lowest BCUT2D eigenvalue weighted by Gasteiger charge is -2.21. The zero-order valence-electron chi connectivity index (χ0n) is 11.2. The lowest BCUT2D eigenvalue weighted by atomic mass is 9.83. The highest BCUT2D eigenvalue weighted by Crippen LogP contribution is 2.40. The molecule has 1 N–H and O–H groups in total. The molecular weight excluding hydrogens is 250 g/mol. The van der Waals surface area contributed by atoms with Gasteiger partial charge in [0.2, 0.25) is 0 Å². The summed E-state index contributed by atoms with van der Waals surface area (Å²) in [4.78, 5) is 11.3. The zero-order chi connectivity index (χ0) is 14.6. The van der Waals surface area contributed by atoms with Gasteiger partial charge in [0.25, 0.3) is 0 Å². The number of nitrogens with zero attached hydrogens (tertiary/aromatic N) is 1. The fourth-order valence-corrected chi connectivity index (χ4v) is 1.64. The maximum absolute atomic E-state index is 11.3. The molecule has 0 aliphatic heterocycles. The highest BCUT2D eigenvalue weighted by Gasteiger charge is 2.39. The van der Waals surface area contributed by atoms with Crippen LogP contribution in [0.1, 0.15) is 12.5 Å². The van der Waals surface area contributed by atoms with Gasteiger partial charge < -0.3 is 19.3 Å². The van der Waals surface area contributed by atoms with Gasteiger partial charge in [0.05, 0.1) is 27.4 Å². The molecule has 19 heavy (non-hydrogen) atoms. The van der Waals surface area contributed by atoms with E-state index in [2.05, 4.69) is 0 Å². The molecule has 0 amide bonds. The second-order valence-corrected chi connectivity index (χ2v) is 3.95. The normalized spacial score (nSPS) is 13.0. The van der Waals surface area contributed by atoms with Crippen molar-refractivity contribution in [1.29, 1.82) is 5.26 Å². The Morgan fingerprint density at radius 3 is 2.00 bits per heavy atom. The summed E-state index contributed by atoms with van der Waals surface area (Å²) < 4.78 is 15.4. The number of aliphatic carboxylic acids is 1. The van der Waals surface area contributed by atoms with Crippen LogP contribution < -0.4 is 14.2 Å².